The van der Waals surface area contributed by atoms with Crippen molar-refractivity contribution < 1.29 is 4.42 Å². The maximum absolute atomic E-state index is 6.45. The number of hydrogen-bond donors (Lipinski definition) is 0. The Balaban J connectivity index is 1.24. The van der Waals surface area contributed by atoms with Gasteiger partial charge in [-0.2, -0.15) is 0 Å². The zero-order valence-electron chi connectivity index (χ0n) is 28.9. The summed E-state index contributed by atoms with van der Waals surface area (Å²) >= 11 is 0. The minimum Gasteiger partial charge on any atom is -0.456 e. The van der Waals surface area contributed by atoms with Gasteiger partial charge >= 0.3 is 0 Å². The highest BCUT2D eigenvalue weighted by atomic mass is 16.3. The molecule has 1 aromatic heterocycles. The van der Waals surface area contributed by atoms with E-state index in [-0.39, 0.29) is 0 Å². The van der Waals surface area contributed by atoms with E-state index in [1.54, 1.807) is 0 Å². The van der Waals surface area contributed by atoms with Crippen LogP contribution in [0.5, 0.6) is 0 Å². The zero-order valence-corrected chi connectivity index (χ0v) is 28.9. The van der Waals surface area contributed by atoms with Crippen LogP contribution in [0.3, 0.4) is 0 Å². The average molecular weight is 673 g/mol. The van der Waals surface area contributed by atoms with E-state index in [0.717, 1.165) is 21.9 Å². The maximum atomic E-state index is 6.45. The van der Waals surface area contributed by atoms with Gasteiger partial charge in [-0.3, -0.25) is 0 Å². The van der Waals surface area contributed by atoms with E-state index in [4.69, 9.17) is 4.42 Å². The predicted octanol–water partition coefficient (Wildman–Crippen LogP) is 14.9. The molecule has 0 N–H and O–H groups in total. The molecular formula is C52H32O. The minimum atomic E-state index is 0.899. The Labute approximate surface area is 307 Å². The summed E-state index contributed by atoms with van der Waals surface area (Å²) in [6.07, 6.45) is 0. The molecule has 0 aliphatic rings. The maximum Gasteiger partial charge on any atom is 0.136 e. The average Bonchev–Trinajstić information content (AvgIpc) is 3.61. The molecule has 0 aliphatic heterocycles. The second kappa shape index (κ2) is 11.8. The molecule has 1 nitrogen and oxygen atoms in total. The molecule has 11 rings (SSSR count). The lowest BCUT2D eigenvalue weighted by Crippen LogP contribution is -1.93. The fourth-order valence-corrected chi connectivity index (χ4v) is 8.72. The van der Waals surface area contributed by atoms with E-state index in [2.05, 4.69) is 188 Å². The molecule has 0 aliphatic carbocycles. The molecule has 246 valence electrons. The number of furan rings is 1. The van der Waals surface area contributed by atoms with Crippen LogP contribution in [-0.4, -0.2) is 0 Å². The summed E-state index contributed by atoms with van der Waals surface area (Å²) < 4.78 is 6.45. The molecule has 0 spiro atoms. The first-order chi connectivity index (χ1) is 26.3. The molecule has 0 fully saturated rings. The van der Waals surface area contributed by atoms with Crippen LogP contribution in [0.4, 0.5) is 0 Å². The Bertz CT molecular complexity index is 3160. The molecule has 0 atom stereocenters. The summed E-state index contributed by atoms with van der Waals surface area (Å²) in [7, 11) is 0. The van der Waals surface area contributed by atoms with Crippen LogP contribution in [0.1, 0.15) is 0 Å². The van der Waals surface area contributed by atoms with Crippen LogP contribution in [0.25, 0.3) is 110 Å². The molecule has 0 bridgehead atoms. The summed E-state index contributed by atoms with van der Waals surface area (Å²) in [5, 5.41) is 12.2. The van der Waals surface area contributed by atoms with Gasteiger partial charge in [0.2, 0.25) is 0 Å². The van der Waals surface area contributed by atoms with Gasteiger partial charge in [0.15, 0.2) is 0 Å². The van der Waals surface area contributed by atoms with E-state index in [9.17, 15) is 0 Å². The van der Waals surface area contributed by atoms with Crippen molar-refractivity contribution in [3.05, 3.63) is 194 Å². The summed E-state index contributed by atoms with van der Waals surface area (Å²) in [5.74, 6) is 0. The molecular weight excluding hydrogens is 641 g/mol. The molecule has 53 heavy (non-hydrogen) atoms. The van der Waals surface area contributed by atoms with Crippen LogP contribution >= 0.6 is 0 Å². The topological polar surface area (TPSA) is 13.1 Å². The normalized spacial score (nSPS) is 11.8. The Hall–Kier alpha value is -6.96. The fraction of sp³-hybridized carbons (Fsp3) is 0. The second-order valence-corrected chi connectivity index (χ2v) is 14.0. The van der Waals surface area contributed by atoms with E-state index in [1.165, 1.54) is 87.6 Å². The Kier molecular flexibility index (Phi) is 6.62. The Morgan fingerprint density at radius 2 is 0.811 bits per heavy atom. The molecule has 0 radical (unpaired) electrons. The predicted molar refractivity (Wildman–Crippen MR) is 225 cm³/mol. The molecule has 1 heteroatoms. The number of fused-ring (bicyclic) bond motifs is 7. The van der Waals surface area contributed by atoms with Crippen LogP contribution in [0.15, 0.2) is 199 Å². The van der Waals surface area contributed by atoms with Gasteiger partial charge in [0, 0.05) is 16.3 Å². The van der Waals surface area contributed by atoms with Crippen molar-refractivity contribution in [3.8, 4) is 44.5 Å². The summed E-state index contributed by atoms with van der Waals surface area (Å²) in [6.45, 7) is 0. The molecule has 1 heterocycles. The minimum absolute atomic E-state index is 0.899. The van der Waals surface area contributed by atoms with Gasteiger partial charge in [-0.25, -0.2) is 0 Å². The molecule has 0 saturated carbocycles. The summed E-state index contributed by atoms with van der Waals surface area (Å²) in [5.41, 5.74) is 11.5. The second-order valence-electron chi connectivity index (χ2n) is 14.0. The molecule has 0 unspecified atom stereocenters. The van der Waals surface area contributed by atoms with Crippen molar-refractivity contribution in [2.75, 3.05) is 0 Å². The third-order valence-corrected chi connectivity index (χ3v) is 11.0. The van der Waals surface area contributed by atoms with Crippen molar-refractivity contribution in [2.45, 2.75) is 0 Å². The first-order valence-electron chi connectivity index (χ1n) is 18.3. The van der Waals surface area contributed by atoms with E-state index >= 15 is 0 Å². The van der Waals surface area contributed by atoms with Gasteiger partial charge in [0.05, 0.1) is 0 Å². The van der Waals surface area contributed by atoms with Gasteiger partial charge in [-0.1, -0.05) is 158 Å². The third kappa shape index (κ3) is 4.64. The van der Waals surface area contributed by atoms with Gasteiger partial charge in [0.25, 0.3) is 0 Å². The van der Waals surface area contributed by atoms with Crippen molar-refractivity contribution >= 4 is 65.0 Å². The lowest BCUT2D eigenvalue weighted by atomic mass is 9.83. The van der Waals surface area contributed by atoms with Crippen molar-refractivity contribution in [1.29, 1.82) is 0 Å². The molecule has 0 amide bonds. The monoisotopic (exact) mass is 672 g/mol. The number of benzene rings is 10. The fourth-order valence-electron chi connectivity index (χ4n) is 8.72. The van der Waals surface area contributed by atoms with Gasteiger partial charge in [0.1, 0.15) is 11.2 Å². The Morgan fingerprint density at radius 1 is 0.264 bits per heavy atom. The zero-order chi connectivity index (χ0) is 34.9. The third-order valence-electron chi connectivity index (χ3n) is 11.0. The molecule has 0 saturated heterocycles. The lowest BCUT2D eigenvalue weighted by Gasteiger charge is -2.20. The van der Waals surface area contributed by atoms with Gasteiger partial charge in [-0.15, -0.1) is 0 Å². The van der Waals surface area contributed by atoms with Crippen molar-refractivity contribution in [2.24, 2.45) is 0 Å². The summed E-state index contributed by atoms with van der Waals surface area (Å²) in [4.78, 5) is 0. The van der Waals surface area contributed by atoms with Crippen LogP contribution in [0.2, 0.25) is 0 Å². The summed E-state index contributed by atoms with van der Waals surface area (Å²) in [6, 6.07) is 70.7. The van der Waals surface area contributed by atoms with Gasteiger partial charge < -0.3 is 4.42 Å². The van der Waals surface area contributed by atoms with Gasteiger partial charge in [-0.05, 0) is 118 Å². The SMILES string of the molecule is c1ccc(-c2c(-c3cc(-c4c5ccccc5c(-c5ccc6ccccc6c5)c5ccccc45)cc4ccccc34)ccc3oc4ccccc4c23)cc1. The van der Waals surface area contributed by atoms with Crippen LogP contribution in [-0.2, 0) is 0 Å². The van der Waals surface area contributed by atoms with Crippen molar-refractivity contribution in [3.63, 3.8) is 0 Å². The number of para-hydroxylation sites is 1. The smallest absolute Gasteiger partial charge is 0.136 e. The standard InChI is InChI=1S/C52H32O/c1-2-15-34(16-3-1)51-44(28-29-48-52(51)45-24-12-13-25-47(45)53-48)46-32-38(31-36-18-6-7-19-39(36)46)50-42-22-10-8-20-40(42)49(41-21-9-11-23-43(41)50)37-27-26-33-14-4-5-17-35(33)30-37/h1-32H. The molecule has 10 aromatic carbocycles. The van der Waals surface area contributed by atoms with E-state index < -0.39 is 0 Å². The quantitative estimate of drug-likeness (QED) is 0.170. The first-order valence-corrected chi connectivity index (χ1v) is 18.3. The van der Waals surface area contributed by atoms with E-state index in [0.29, 0.717) is 0 Å². The highest BCUT2D eigenvalue weighted by Gasteiger charge is 2.22. The van der Waals surface area contributed by atoms with Crippen molar-refractivity contribution in [1.82, 2.24) is 0 Å². The van der Waals surface area contributed by atoms with E-state index in [1.807, 2.05) is 6.07 Å². The van der Waals surface area contributed by atoms with Crippen LogP contribution in [0, 0.1) is 0 Å². The highest BCUT2D eigenvalue weighted by molar-refractivity contribution is 6.23. The van der Waals surface area contributed by atoms with Crippen LogP contribution < -0.4 is 0 Å². The Morgan fingerprint density at radius 3 is 1.53 bits per heavy atom. The lowest BCUT2D eigenvalue weighted by molar-refractivity contribution is 0.669. The number of rotatable bonds is 4. The highest BCUT2D eigenvalue weighted by Crippen LogP contribution is 2.48. The molecule has 11 aromatic rings. The largest absolute Gasteiger partial charge is 0.456 e. The first kappa shape index (κ1) is 29.7. The number of hydrogen-bond acceptors (Lipinski definition) is 1.